The molecule has 1 aromatic rings. The summed E-state index contributed by atoms with van der Waals surface area (Å²) in [5.74, 6) is 2.27. The molecule has 5 rings (SSSR count). The van der Waals surface area contributed by atoms with Crippen molar-refractivity contribution in [2.24, 2.45) is 5.92 Å². The highest BCUT2D eigenvalue weighted by atomic mass is 16.7. The second-order valence-corrected chi connectivity index (χ2v) is 6.18. The van der Waals surface area contributed by atoms with E-state index in [0.29, 0.717) is 18.4 Å². The zero-order valence-corrected chi connectivity index (χ0v) is 12.0. The Hall–Kier alpha value is -1.75. The highest BCUT2D eigenvalue weighted by Gasteiger charge is 2.34. The number of amides is 1. The van der Waals surface area contributed by atoms with Crippen molar-refractivity contribution in [3.05, 3.63) is 23.8 Å². The average molecular weight is 288 g/mol. The molecule has 4 aliphatic rings. The van der Waals surface area contributed by atoms with Gasteiger partial charge in [0.2, 0.25) is 12.7 Å². The van der Waals surface area contributed by atoms with E-state index in [2.05, 4.69) is 10.2 Å². The summed E-state index contributed by atoms with van der Waals surface area (Å²) in [6.07, 6.45) is 2.84. The summed E-state index contributed by atoms with van der Waals surface area (Å²) < 4.78 is 10.6. The van der Waals surface area contributed by atoms with Gasteiger partial charge < -0.3 is 19.7 Å². The number of benzene rings is 1. The first-order chi connectivity index (χ1) is 10.3. The molecular weight excluding hydrogens is 268 g/mol. The maximum absolute atomic E-state index is 12.3. The van der Waals surface area contributed by atoms with E-state index in [-0.39, 0.29) is 12.7 Å². The van der Waals surface area contributed by atoms with Crippen LogP contribution in [0.15, 0.2) is 18.2 Å². The van der Waals surface area contributed by atoms with Gasteiger partial charge in [-0.25, -0.2) is 0 Å². The first kappa shape index (κ1) is 13.0. The van der Waals surface area contributed by atoms with E-state index in [1.807, 2.05) is 18.2 Å². The lowest BCUT2D eigenvalue weighted by Gasteiger charge is -2.44. The Kier molecular flexibility index (Phi) is 3.22. The Morgan fingerprint density at radius 3 is 2.81 bits per heavy atom. The maximum Gasteiger partial charge on any atom is 0.231 e. The number of carbonyl (C=O) groups excluding carboxylic acids is 1. The molecule has 4 heterocycles. The molecular formula is C16H20N2O3. The summed E-state index contributed by atoms with van der Waals surface area (Å²) >= 11 is 0. The summed E-state index contributed by atoms with van der Waals surface area (Å²) in [5.41, 5.74) is 0.970. The van der Waals surface area contributed by atoms with E-state index >= 15 is 0 Å². The molecule has 2 bridgehead atoms. The van der Waals surface area contributed by atoms with Crippen LogP contribution in [-0.2, 0) is 11.2 Å². The molecule has 3 saturated heterocycles. The number of rotatable bonds is 3. The van der Waals surface area contributed by atoms with Gasteiger partial charge in [-0.2, -0.15) is 0 Å². The van der Waals surface area contributed by atoms with Gasteiger partial charge in [-0.05, 0) is 49.5 Å². The zero-order chi connectivity index (χ0) is 14.2. The number of ether oxygens (including phenoxy) is 2. The number of hydrogen-bond acceptors (Lipinski definition) is 4. The predicted octanol–water partition coefficient (Wildman–Crippen LogP) is 1.17. The average Bonchev–Trinajstić information content (AvgIpc) is 2.96. The normalized spacial score (nSPS) is 29.4. The fourth-order valence-corrected chi connectivity index (χ4v) is 3.62. The molecule has 1 atom stereocenters. The van der Waals surface area contributed by atoms with Crippen LogP contribution in [-0.4, -0.2) is 43.3 Å². The number of nitrogens with zero attached hydrogens (tertiary/aromatic N) is 1. The van der Waals surface area contributed by atoms with E-state index in [0.717, 1.165) is 23.6 Å². The Balaban J connectivity index is 1.37. The van der Waals surface area contributed by atoms with Crippen molar-refractivity contribution in [1.29, 1.82) is 0 Å². The lowest BCUT2D eigenvalue weighted by Crippen LogP contribution is -2.57. The first-order valence-electron chi connectivity index (χ1n) is 7.68. The lowest BCUT2D eigenvalue weighted by molar-refractivity contribution is -0.122. The molecule has 0 radical (unpaired) electrons. The van der Waals surface area contributed by atoms with E-state index in [9.17, 15) is 4.79 Å². The Morgan fingerprint density at radius 2 is 2.05 bits per heavy atom. The van der Waals surface area contributed by atoms with Gasteiger partial charge in [0.25, 0.3) is 0 Å². The highest BCUT2D eigenvalue weighted by Crippen LogP contribution is 2.32. The molecule has 1 unspecified atom stereocenters. The maximum atomic E-state index is 12.3. The van der Waals surface area contributed by atoms with Crippen molar-refractivity contribution in [2.75, 3.05) is 26.4 Å². The minimum absolute atomic E-state index is 0.104. The van der Waals surface area contributed by atoms with E-state index in [1.165, 1.54) is 25.9 Å². The van der Waals surface area contributed by atoms with E-state index < -0.39 is 0 Å². The second kappa shape index (κ2) is 5.22. The largest absolute Gasteiger partial charge is 0.454 e. The summed E-state index contributed by atoms with van der Waals surface area (Å²) in [4.78, 5) is 14.7. The van der Waals surface area contributed by atoms with Crippen molar-refractivity contribution in [1.82, 2.24) is 10.2 Å². The fraction of sp³-hybridized carbons (Fsp3) is 0.562. The number of nitrogens with one attached hydrogen (secondary N) is 1. The van der Waals surface area contributed by atoms with Gasteiger partial charge in [0.1, 0.15) is 0 Å². The van der Waals surface area contributed by atoms with Crippen LogP contribution in [0.5, 0.6) is 11.5 Å². The standard InChI is InChI=1S/C16H20N2O3/c19-16(17-13-9-18-5-3-12(13)4-6-18)8-11-1-2-14-15(7-11)21-10-20-14/h1-2,7,12-13H,3-6,8-10H2,(H,17,19). The molecule has 1 aromatic carbocycles. The fourth-order valence-electron chi connectivity index (χ4n) is 3.62. The van der Waals surface area contributed by atoms with Gasteiger partial charge in [0.15, 0.2) is 11.5 Å². The van der Waals surface area contributed by atoms with Gasteiger partial charge >= 0.3 is 0 Å². The van der Waals surface area contributed by atoms with Crippen LogP contribution in [0.25, 0.3) is 0 Å². The molecule has 1 N–H and O–H groups in total. The minimum Gasteiger partial charge on any atom is -0.454 e. The third-order valence-corrected chi connectivity index (χ3v) is 4.80. The van der Waals surface area contributed by atoms with Crippen LogP contribution < -0.4 is 14.8 Å². The topological polar surface area (TPSA) is 50.8 Å². The third kappa shape index (κ3) is 2.58. The first-order valence-corrected chi connectivity index (χ1v) is 7.68. The molecule has 1 amide bonds. The summed E-state index contributed by atoms with van der Waals surface area (Å²) in [6, 6.07) is 6.04. The van der Waals surface area contributed by atoms with Gasteiger partial charge in [-0.3, -0.25) is 4.79 Å². The second-order valence-electron chi connectivity index (χ2n) is 6.18. The molecule has 3 fully saturated rings. The number of carbonyl (C=O) groups is 1. The van der Waals surface area contributed by atoms with Crippen LogP contribution >= 0.6 is 0 Å². The molecule has 112 valence electrons. The smallest absolute Gasteiger partial charge is 0.231 e. The molecule has 0 aliphatic carbocycles. The number of piperidine rings is 3. The van der Waals surface area contributed by atoms with Gasteiger partial charge in [0.05, 0.1) is 6.42 Å². The molecule has 5 heteroatoms. The SMILES string of the molecule is O=C(Cc1ccc2c(c1)OCO2)NC1CN2CCC1CC2. The quantitative estimate of drug-likeness (QED) is 0.907. The minimum atomic E-state index is 0.104. The van der Waals surface area contributed by atoms with E-state index in [4.69, 9.17) is 9.47 Å². The monoisotopic (exact) mass is 288 g/mol. The van der Waals surface area contributed by atoms with Gasteiger partial charge in [0, 0.05) is 12.6 Å². The van der Waals surface area contributed by atoms with Crippen LogP contribution in [0.3, 0.4) is 0 Å². The highest BCUT2D eigenvalue weighted by molar-refractivity contribution is 5.79. The van der Waals surface area contributed by atoms with Crippen molar-refractivity contribution >= 4 is 5.91 Å². The summed E-state index contributed by atoms with van der Waals surface area (Å²) in [5, 5.41) is 3.21. The summed E-state index contributed by atoms with van der Waals surface area (Å²) in [7, 11) is 0. The third-order valence-electron chi connectivity index (χ3n) is 4.80. The number of hydrogen-bond donors (Lipinski definition) is 1. The predicted molar refractivity (Wildman–Crippen MR) is 77.4 cm³/mol. The molecule has 4 aliphatic heterocycles. The van der Waals surface area contributed by atoms with Crippen LogP contribution in [0.2, 0.25) is 0 Å². The summed E-state index contributed by atoms with van der Waals surface area (Å²) in [6.45, 7) is 3.67. The Labute approximate surface area is 124 Å². The molecule has 21 heavy (non-hydrogen) atoms. The molecule has 0 spiro atoms. The van der Waals surface area contributed by atoms with Crippen molar-refractivity contribution in [2.45, 2.75) is 25.3 Å². The van der Waals surface area contributed by atoms with E-state index in [1.54, 1.807) is 0 Å². The zero-order valence-electron chi connectivity index (χ0n) is 12.0. The molecule has 0 saturated carbocycles. The molecule has 5 nitrogen and oxygen atoms in total. The van der Waals surface area contributed by atoms with Crippen molar-refractivity contribution in [3.8, 4) is 11.5 Å². The van der Waals surface area contributed by atoms with Crippen LogP contribution in [0, 0.1) is 5.92 Å². The van der Waals surface area contributed by atoms with Crippen molar-refractivity contribution in [3.63, 3.8) is 0 Å². The lowest BCUT2D eigenvalue weighted by atomic mass is 9.84. The van der Waals surface area contributed by atoms with Crippen LogP contribution in [0.1, 0.15) is 18.4 Å². The number of fused-ring (bicyclic) bond motifs is 4. The van der Waals surface area contributed by atoms with Gasteiger partial charge in [-0.1, -0.05) is 6.07 Å². The van der Waals surface area contributed by atoms with Crippen molar-refractivity contribution < 1.29 is 14.3 Å². The Morgan fingerprint density at radius 1 is 1.24 bits per heavy atom. The van der Waals surface area contributed by atoms with Gasteiger partial charge in [-0.15, -0.1) is 0 Å². The van der Waals surface area contributed by atoms with Crippen LogP contribution in [0.4, 0.5) is 0 Å². The molecule has 0 aromatic heterocycles. The Bertz CT molecular complexity index is 552.